The number of piperidine rings is 1. The highest BCUT2D eigenvalue weighted by Crippen LogP contribution is 2.28. The molecule has 0 saturated carbocycles. The van der Waals surface area contributed by atoms with Gasteiger partial charge in [0.2, 0.25) is 5.91 Å². The van der Waals surface area contributed by atoms with E-state index in [0.717, 1.165) is 7.05 Å². The number of nitrogens with two attached hydrogens (primary N) is 1. The van der Waals surface area contributed by atoms with Crippen molar-refractivity contribution in [2.45, 2.75) is 31.1 Å². The molecule has 6 nitrogen and oxygen atoms in total. The first-order chi connectivity index (χ1) is 10.7. The van der Waals surface area contributed by atoms with Crippen LogP contribution in [0.2, 0.25) is 0 Å². The fourth-order valence-corrected chi connectivity index (χ4v) is 2.69. The topological polar surface area (TPSA) is 79.5 Å². The average molecular weight is 329 g/mol. The van der Waals surface area contributed by atoms with Crippen LogP contribution in [0.25, 0.3) is 0 Å². The summed E-state index contributed by atoms with van der Waals surface area (Å²) < 4.78 is 37.6. The van der Waals surface area contributed by atoms with E-state index in [1.807, 2.05) is 0 Å². The van der Waals surface area contributed by atoms with Crippen molar-refractivity contribution >= 4 is 17.6 Å². The van der Waals surface area contributed by atoms with Crippen LogP contribution in [0.1, 0.15) is 12.8 Å². The minimum absolute atomic E-state index is 0.0218. The van der Waals surface area contributed by atoms with E-state index in [2.05, 4.69) is 11.1 Å². The molecule has 0 aliphatic carbocycles. The second-order valence-electron chi connectivity index (χ2n) is 5.32. The summed E-state index contributed by atoms with van der Waals surface area (Å²) in [6.07, 6.45) is -3.21. The molecular formula is C14H16F3N4O2. The molecule has 0 spiro atoms. The van der Waals surface area contributed by atoms with Gasteiger partial charge < -0.3 is 15.5 Å². The highest BCUT2D eigenvalue weighted by atomic mass is 19.4. The van der Waals surface area contributed by atoms with Crippen LogP contribution in [-0.2, 0) is 9.59 Å². The molecule has 1 aliphatic rings. The van der Waals surface area contributed by atoms with Gasteiger partial charge >= 0.3 is 12.1 Å². The van der Waals surface area contributed by atoms with E-state index in [-0.39, 0.29) is 19.4 Å². The number of amides is 2. The first-order valence-corrected chi connectivity index (χ1v) is 6.94. The van der Waals surface area contributed by atoms with Gasteiger partial charge in [-0.3, -0.25) is 9.59 Å². The predicted octanol–water partition coefficient (Wildman–Crippen LogP) is 0.725. The molecule has 2 amide bonds. The van der Waals surface area contributed by atoms with Crippen LogP contribution in [-0.4, -0.2) is 53.6 Å². The number of alkyl halides is 3. The third kappa shape index (κ3) is 3.72. The van der Waals surface area contributed by atoms with E-state index in [4.69, 9.17) is 5.73 Å². The first kappa shape index (κ1) is 17.0. The molecule has 2 heterocycles. The van der Waals surface area contributed by atoms with E-state index in [0.29, 0.717) is 10.7 Å². The lowest BCUT2D eigenvalue weighted by Crippen LogP contribution is -2.56. The molecule has 2 unspecified atom stereocenters. The van der Waals surface area contributed by atoms with E-state index in [1.54, 1.807) is 17.0 Å². The van der Waals surface area contributed by atoms with Crippen LogP contribution in [0.15, 0.2) is 18.3 Å². The van der Waals surface area contributed by atoms with Gasteiger partial charge in [0.15, 0.2) is 0 Å². The van der Waals surface area contributed by atoms with Gasteiger partial charge in [-0.15, -0.1) is 0 Å². The van der Waals surface area contributed by atoms with Crippen LogP contribution in [0.3, 0.4) is 0 Å². The van der Waals surface area contributed by atoms with Crippen molar-refractivity contribution in [1.82, 2.24) is 9.88 Å². The minimum atomic E-state index is -4.94. The molecular weight excluding hydrogens is 313 g/mol. The number of pyridine rings is 1. The van der Waals surface area contributed by atoms with Gasteiger partial charge in [-0.1, -0.05) is 0 Å². The number of nitrogens with zero attached hydrogens (tertiary/aromatic N) is 3. The van der Waals surface area contributed by atoms with Crippen LogP contribution in [0, 0.1) is 6.07 Å². The number of carbonyl (C=O) groups excluding carboxylic acids is 2. The van der Waals surface area contributed by atoms with Crippen LogP contribution >= 0.6 is 0 Å². The summed E-state index contributed by atoms with van der Waals surface area (Å²) in [6.45, 7) is 0.269. The summed E-state index contributed by atoms with van der Waals surface area (Å²) in [5.41, 5.74) is 5.38. The van der Waals surface area contributed by atoms with Gasteiger partial charge in [-0.2, -0.15) is 13.2 Å². The van der Waals surface area contributed by atoms with Crippen molar-refractivity contribution in [3.63, 3.8) is 0 Å². The lowest BCUT2D eigenvalue weighted by Gasteiger charge is -2.41. The summed E-state index contributed by atoms with van der Waals surface area (Å²) in [7, 11) is 1.09. The second kappa shape index (κ2) is 6.43. The van der Waals surface area contributed by atoms with Crippen LogP contribution in [0.4, 0.5) is 19.0 Å². The Morgan fingerprint density at radius 2 is 2.17 bits per heavy atom. The highest BCUT2D eigenvalue weighted by Gasteiger charge is 2.45. The minimum Gasteiger partial charge on any atom is -0.368 e. The number of primary amides is 1. The quantitative estimate of drug-likeness (QED) is 0.886. The fraction of sp³-hybridized carbons (Fsp3) is 0.500. The van der Waals surface area contributed by atoms with E-state index >= 15 is 0 Å². The molecule has 1 aromatic rings. The molecule has 0 bridgehead atoms. The van der Waals surface area contributed by atoms with E-state index < -0.39 is 30.1 Å². The Bertz CT molecular complexity index is 579. The number of hydrogen-bond acceptors (Lipinski definition) is 4. The van der Waals surface area contributed by atoms with E-state index in [1.165, 1.54) is 6.20 Å². The maximum atomic E-state index is 12.5. The SMILES string of the molecule is CN(C(=O)C(F)(F)F)C1CCN(c2cc[c]cn2)C(C(N)=O)C1. The maximum absolute atomic E-state index is 12.5. The number of carbonyl (C=O) groups is 2. The molecule has 0 aromatic carbocycles. The van der Waals surface area contributed by atoms with Crippen molar-refractivity contribution < 1.29 is 22.8 Å². The third-order valence-corrected chi connectivity index (χ3v) is 3.91. The zero-order valence-corrected chi connectivity index (χ0v) is 12.4. The molecule has 23 heavy (non-hydrogen) atoms. The summed E-state index contributed by atoms with van der Waals surface area (Å²) in [5.74, 6) is -2.10. The second-order valence-corrected chi connectivity index (χ2v) is 5.32. The van der Waals surface area contributed by atoms with Gasteiger partial charge in [0.25, 0.3) is 0 Å². The smallest absolute Gasteiger partial charge is 0.368 e. The van der Waals surface area contributed by atoms with Crippen LogP contribution in [0.5, 0.6) is 0 Å². The molecule has 1 aliphatic heterocycles. The highest BCUT2D eigenvalue weighted by molar-refractivity contribution is 5.84. The number of rotatable bonds is 3. The van der Waals surface area contributed by atoms with Gasteiger partial charge in [-0.25, -0.2) is 4.98 Å². The third-order valence-electron chi connectivity index (χ3n) is 3.91. The van der Waals surface area contributed by atoms with Crippen molar-refractivity contribution in [2.75, 3.05) is 18.5 Å². The molecule has 1 aromatic heterocycles. The summed E-state index contributed by atoms with van der Waals surface area (Å²) in [4.78, 5) is 29.4. The Morgan fingerprint density at radius 3 is 2.70 bits per heavy atom. The first-order valence-electron chi connectivity index (χ1n) is 6.94. The zero-order chi connectivity index (χ0) is 17.2. The van der Waals surface area contributed by atoms with Gasteiger partial charge in [0, 0.05) is 31.9 Å². The van der Waals surface area contributed by atoms with Gasteiger partial charge in [0.1, 0.15) is 11.9 Å². The zero-order valence-electron chi connectivity index (χ0n) is 12.4. The van der Waals surface area contributed by atoms with Crippen molar-refractivity contribution in [3.8, 4) is 0 Å². The number of halogens is 3. The largest absolute Gasteiger partial charge is 0.471 e. The lowest BCUT2D eigenvalue weighted by molar-refractivity contribution is -0.186. The molecule has 2 N–H and O–H groups in total. The summed E-state index contributed by atoms with van der Waals surface area (Å²) in [5, 5.41) is 0. The molecule has 1 saturated heterocycles. The number of anilines is 1. The Hall–Kier alpha value is -2.32. The van der Waals surface area contributed by atoms with Gasteiger partial charge in [0.05, 0.1) is 0 Å². The number of aromatic nitrogens is 1. The standard InChI is InChI=1S/C14H16F3N4O2/c1-20(13(23)14(15,16)17)9-5-7-21(10(8-9)12(18)22)11-4-2-3-6-19-11/h2,4,6,9-10H,5,7-8H2,1H3,(H2,18,22). The summed E-state index contributed by atoms with van der Waals surface area (Å²) >= 11 is 0. The molecule has 1 fully saturated rings. The van der Waals surface area contributed by atoms with Crippen molar-refractivity contribution in [3.05, 3.63) is 24.4 Å². The number of hydrogen-bond donors (Lipinski definition) is 1. The maximum Gasteiger partial charge on any atom is 0.471 e. The molecule has 125 valence electrons. The Balaban J connectivity index is 2.16. The lowest BCUT2D eigenvalue weighted by atomic mass is 9.95. The molecule has 9 heteroatoms. The monoisotopic (exact) mass is 329 g/mol. The molecule has 2 rings (SSSR count). The predicted molar refractivity (Wildman–Crippen MR) is 75.2 cm³/mol. The fourth-order valence-electron chi connectivity index (χ4n) is 2.69. The van der Waals surface area contributed by atoms with E-state index in [9.17, 15) is 22.8 Å². The van der Waals surface area contributed by atoms with Crippen molar-refractivity contribution in [1.29, 1.82) is 0 Å². The average Bonchev–Trinajstić information content (AvgIpc) is 2.52. The Labute approximate surface area is 131 Å². The van der Waals surface area contributed by atoms with Gasteiger partial charge in [-0.05, 0) is 25.0 Å². The van der Waals surface area contributed by atoms with Crippen molar-refractivity contribution in [2.24, 2.45) is 5.73 Å². The molecule has 2 atom stereocenters. The normalized spacial score (nSPS) is 21.8. The Morgan fingerprint density at radius 1 is 1.48 bits per heavy atom. The molecule has 1 radical (unpaired) electrons. The Kier molecular flexibility index (Phi) is 4.76. The van der Waals surface area contributed by atoms with Crippen LogP contribution < -0.4 is 10.6 Å². The summed E-state index contributed by atoms with van der Waals surface area (Å²) in [6, 6.07) is 4.46.